The van der Waals surface area contributed by atoms with Gasteiger partial charge in [0.05, 0.1) is 32.3 Å². The fourth-order valence-electron chi connectivity index (χ4n) is 2.92. The standard InChI is InChI=1S/C21H28N2O6S/c1-14(2)29-18-9-7-8-16(12-18)22-21(24)15(3)23(30(6,25)26)19-13-17(27-4)10-11-20(19)28-5/h7-15H,1-6H3,(H,22,24)/t15-/m1/s1. The Morgan fingerprint density at radius 2 is 1.70 bits per heavy atom. The number of hydrogen-bond acceptors (Lipinski definition) is 6. The number of anilines is 2. The Bertz CT molecular complexity index is 991. The Morgan fingerprint density at radius 1 is 1.00 bits per heavy atom. The number of carbonyl (C=O) groups is 1. The number of hydrogen-bond donors (Lipinski definition) is 1. The van der Waals surface area contributed by atoms with Gasteiger partial charge in [0, 0.05) is 17.8 Å². The number of nitrogens with one attached hydrogen (secondary N) is 1. The third kappa shape index (κ3) is 5.79. The molecule has 0 spiro atoms. The van der Waals surface area contributed by atoms with Crippen molar-refractivity contribution in [2.75, 3.05) is 30.1 Å². The van der Waals surface area contributed by atoms with Gasteiger partial charge in [-0.25, -0.2) is 8.42 Å². The quantitative estimate of drug-likeness (QED) is 0.648. The highest BCUT2D eigenvalue weighted by molar-refractivity contribution is 7.92. The molecular formula is C21H28N2O6S. The zero-order valence-electron chi connectivity index (χ0n) is 18.0. The van der Waals surface area contributed by atoms with Crippen LogP contribution in [0.4, 0.5) is 11.4 Å². The molecule has 2 aromatic carbocycles. The lowest BCUT2D eigenvalue weighted by atomic mass is 10.2. The van der Waals surface area contributed by atoms with Crippen LogP contribution in [0.5, 0.6) is 17.2 Å². The van der Waals surface area contributed by atoms with E-state index >= 15 is 0 Å². The third-order valence-corrected chi connectivity index (χ3v) is 5.41. The van der Waals surface area contributed by atoms with Gasteiger partial charge in [-0.05, 0) is 45.0 Å². The van der Waals surface area contributed by atoms with Crippen LogP contribution >= 0.6 is 0 Å². The highest BCUT2D eigenvalue weighted by Gasteiger charge is 2.31. The molecule has 0 bridgehead atoms. The van der Waals surface area contributed by atoms with Crippen LogP contribution in [0.15, 0.2) is 42.5 Å². The Morgan fingerprint density at radius 3 is 2.27 bits per heavy atom. The summed E-state index contributed by atoms with van der Waals surface area (Å²) >= 11 is 0. The number of methoxy groups -OCH3 is 2. The third-order valence-electron chi connectivity index (χ3n) is 4.19. The lowest BCUT2D eigenvalue weighted by Gasteiger charge is -2.29. The SMILES string of the molecule is COc1ccc(OC)c(N([C@H](C)C(=O)Nc2cccc(OC(C)C)c2)S(C)(=O)=O)c1. The van der Waals surface area contributed by atoms with E-state index in [1.54, 1.807) is 36.4 Å². The molecule has 0 fully saturated rings. The van der Waals surface area contributed by atoms with E-state index < -0.39 is 22.0 Å². The van der Waals surface area contributed by atoms with Crippen LogP contribution < -0.4 is 23.8 Å². The van der Waals surface area contributed by atoms with Gasteiger partial charge >= 0.3 is 0 Å². The van der Waals surface area contributed by atoms with E-state index in [1.807, 2.05) is 13.8 Å². The summed E-state index contributed by atoms with van der Waals surface area (Å²) in [6.45, 7) is 5.31. The highest BCUT2D eigenvalue weighted by Crippen LogP contribution is 2.35. The van der Waals surface area contributed by atoms with Gasteiger partial charge in [-0.2, -0.15) is 0 Å². The van der Waals surface area contributed by atoms with E-state index in [0.717, 1.165) is 10.6 Å². The summed E-state index contributed by atoms with van der Waals surface area (Å²) < 4.78 is 42.4. The molecule has 2 rings (SSSR count). The van der Waals surface area contributed by atoms with Gasteiger partial charge in [0.1, 0.15) is 23.3 Å². The molecule has 0 saturated carbocycles. The number of amides is 1. The average molecular weight is 437 g/mol. The number of carbonyl (C=O) groups excluding carboxylic acids is 1. The summed E-state index contributed by atoms with van der Waals surface area (Å²) in [6.07, 6.45) is 1.02. The first-order valence-electron chi connectivity index (χ1n) is 9.35. The van der Waals surface area contributed by atoms with Gasteiger partial charge in [-0.3, -0.25) is 9.10 Å². The van der Waals surface area contributed by atoms with Gasteiger partial charge in [0.15, 0.2) is 0 Å². The van der Waals surface area contributed by atoms with E-state index in [4.69, 9.17) is 14.2 Å². The summed E-state index contributed by atoms with van der Waals surface area (Å²) in [5.74, 6) is 0.829. The summed E-state index contributed by atoms with van der Waals surface area (Å²) in [5.41, 5.74) is 0.704. The average Bonchev–Trinajstić information content (AvgIpc) is 2.66. The predicted octanol–water partition coefficient (Wildman–Crippen LogP) is 3.28. The Kier molecular flexibility index (Phi) is 7.55. The molecule has 0 heterocycles. The van der Waals surface area contributed by atoms with E-state index in [2.05, 4.69) is 5.32 Å². The number of benzene rings is 2. The van der Waals surface area contributed by atoms with Gasteiger partial charge in [-0.15, -0.1) is 0 Å². The summed E-state index contributed by atoms with van der Waals surface area (Å²) in [4.78, 5) is 12.9. The maximum Gasteiger partial charge on any atom is 0.247 e. The number of ether oxygens (including phenoxy) is 3. The van der Waals surface area contributed by atoms with Crippen molar-refractivity contribution in [1.29, 1.82) is 0 Å². The van der Waals surface area contributed by atoms with Crippen molar-refractivity contribution >= 4 is 27.3 Å². The van der Waals surface area contributed by atoms with Crippen LogP contribution in [0.25, 0.3) is 0 Å². The second kappa shape index (κ2) is 9.71. The molecule has 0 unspecified atom stereocenters. The number of rotatable bonds is 9. The maximum atomic E-state index is 12.9. The lowest BCUT2D eigenvalue weighted by Crippen LogP contribution is -2.45. The van der Waals surface area contributed by atoms with Crippen molar-refractivity contribution in [3.05, 3.63) is 42.5 Å². The first kappa shape index (κ1) is 23.3. The Labute approximate surface area is 177 Å². The van der Waals surface area contributed by atoms with Crippen LogP contribution in [0.3, 0.4) is 0 Å². The van der Waals surface area contributed by atoms with Crippen LogP contribution in [0.1, 0.15) is 20.8 Å². The lowest BCUT2D eigenvalue weighted by molar-refractivity contribution is -0.116. The highest BCUT2D eigenvalue weighted by atomic mass is 32.2. The van der Waals surface area contributed by atoms with Crippen molar-refractivity contribution < 1.29 is 27.4 Å². The molecule has 30 heavy (non-hydrogen) atoms. The van der Waals surface area contributed by atoms with Gasteiger partial charge in [0.2, 0.25) is 15.9 Å². The van der Waals surface area contributed by atoms with Gasteiger partial charge < -0.3 is 19.5 Å². The largest absolute Gasteiger partial charge is 0.497 e. The predicted molar refractivity (Wildman–Crippen MR) is 117 cm³/mol. The molecule has 0 aromatic heterocycles. The van der Waals surface area contributed by atoms with E-state index in [0.29, 0.717) is 22.9 Å². The van der Waals surface area contributed by atoms with Crippen LogP contribution in [0.2, 0.25) is 0 Å². The normalized spacial score (nSPS) is 12.2. The number of nitrogens with zero attached hydrogens (tertiary/aromatic N) is 1. The molecular weight excluding hydrogens is 408 g/mol. The molecule has 0 aliphatic carbocycles. The first-order valence-corrected chi connectivity index (χ1v) is 11.2. The molecule has 8 nitrogen and oxygen atoms in total. The molecule has 0 aliphatic heterocycles. The molecule has 2 aromatic rings. The van der Waals surface area contributed by atoms with Crippen molar-refractivity contribution in [3.8, 4) is 17.2 Å². The minimum absolute atomic E-state index is 0.0175. The molecule has 0 aliphatic rings. The van der Waals surface area contributed by atoms with Crippen LogP contribution in [-0.2, 0) is 14.8 Å². The van der Waals surface area contributed by atoms with Crippen molar-refractivity contribution in [3.63, 3.8) is 0 Å². The molecule has 9 heteroatoms. The summed E-state index contributed by atoms with van der Waals surface area (Å²) in [5, 5.41) is 2.75. The minimum Gasteiger partial charge on any atom is -0.497 e. The summed E-state index contributed by atoms with van der Waals surface area (Å²) in [7, 11) is -0.926. The molecule has 1 N–H and O–H groups in total. The van der Waals surface area contributed by atoms with Crippen LogP contribution in [0, 0.1) is 0 Å². The van der Waals surface area contributed by atoms with E-state index in [-0.39, 0.29) is 11.8 Å². The van der Waals surface area contributed by atoms with Crippen molar-refractivity contribution in [2.24, 2.45) is 0 Å². The molecule has 164 valence electrons. The Hall–Kier alpha value is -2.94. The summed E-state index contributed by atoms with van der Waals surface area (Å²) in [6, 6.07) is 10.6. The fraction of sp³-hybridized carbons (Fsp3) is 0.381. The fourth-order valence-corrected chi connectivity index (χ4v) is 4.09. The first-order chi connectivity index (χ1) is 14.1. The molecule has 0 radical (unpaired) electrons. The molecule has 1 amide bonds. The smallest absolute Gasteiger partial charge is 0.247 e. The Balaban J connectivity index is 2.37. The van der Waals surface area contributed by atoms with E-state index in [9.17, 15) is 13.2 Å². The topological polar surface area (TPSA) is 94.2 Å². The van der Waals surface area contributed by atoms with Crippen LogP contribution in [-0.4, -0.2) is 46.9 Å². The van der Waals surface area contributed by atoms with Gasteiger partial charge in [0.25, 0.3) is 0 Å². The second-order valence-corrected chi connectivity index (χ2v) is 8.82. The minimum atomic E-state index is -3.82. The zero-order valence-corrected chi connectivity index (χ0v) is 18.8. The molecule has 1 atom stereocenters. The number of sulfonamides is 1. The second-order valence-electron chi connectivity index (χ2n) is 6.96. The van der Waals surface area contributed by atoms with Gasteiger partial charge in [-0.1, -0.05) is 6.07 Å². The van der Waals surface area contributed by atoms with Crippen molar-refractivity contribution in [2.45, 2.75) is 32.9 Å². The van der Waals surface area contributed by atoms with Crippen molar-refractivity contribution in [1.82, 2.24) is 0 Å². The zero-order chi connectivity index (χ0) is 22.5. The molecule has 0 saturated heterocycles. The monoisotopic (exact) mass is 436 g/mol. The maximum absolute atomic E-state index is 12.9. The van der Waals surface area contributed by atoms with E-state index in [1.165, 1.54) is 27.2 Å².